The third-order valence-electron chi connectivity index (χ3n) is 2.43. The number of nitro groups is 1. The Morgan fingerprint density at radius 2 is 2.00 bits per heavy atom. The molecule has 0 aliphatic heterocycles. The SMILES string of the molecule is O=C(Nc1ccc(Br)c([N+](=O)[O-])c1)c1nc(Cl)ccc1Cl. The number of nitrogens with one attached hydrogen (secondary N) is 1. The van der Waals surface area contributed by atoms with Crippen LogP contribution < -0.4 is 5.32 Å². The van der Waals surface area contributed by atoms with Gasteiger partial charge in [0.2, 0.25) is 0 Å². The fourth-order valence-electron chi connectivity index (χ4n) is 1.50. The van der Waals surface area contributed by atoms with Crippen molar-refractivity contribution in [3.05, 3.63) is 60.8 Å². The summed E-state index contributed by atoms with van der Waals surface area (Å²) >= 11 is 14.6. The summed E-state index contributed by atoms with van der Waals surface area (Å²) in [6.45, 7) is 0. The number of carbonyl (C=O) groups is 1. The Hall–Kier alpha value is -1.70. The van der Waals surface area contributed by atoms with Gasteiger partial charge in [-0.15, -0.1) is 0 Å². The molecule has 1 N–H and O–H groups in total. The van der Waals surface area contributed by atoms with Crippen LogP contribution in [-0.2, 0) is 0 Å². The molecular weight excluding hydrogens is 385 g/mol. The van der Waals surface area contributed by atoms with Crippen molar-refractivity contribution < 1.29 is 9.72 Å². The number of nitro benzene ring substituents is 1. The average Bonchev–Trinajstić information content (AvgIpc) is 2.43. The van der Waals surface area contributed by atoms with Crippen molar-refractivity contribution in [2.24, 2.45) is 0 Å². The zero-order valence-electron chi connectivity index (χ0n) is 10.1. The first-order valence-corrected chi connectivity index (χ1v) is 7.00. The molecule has 6 nitrogen and oxygen atoms in total. The first-order valence-electron chi connectivity index (χ1n) is 5.46. The Labute approximate surface area is 137 Å². The van der Waals surface area contributed by atoms with E-state index in [9.17, 15) is 14.9 Å². The van der Waals surface area contributed by atoms with Gasteiger partial charge in [0.15, 0.2) is 0 Å². The van der Waals surface area contributed by atoms with Crippen LogP contribution in [0, 0.1) is 10.1 Å². The largest absolute Gasteiger partial charge is 0.320 e. The summed E-state index contributed by atoms with van der Waals surface area (Å²) in [6.07, 6.45) is 0. The van der Waals surface area contributed by atoms with Crippen LogP contribution in [-0.4, -0.2) is 15.8 Å². The Kier molecular flexibility index (Phi) is 4.76. The topological polar surface area (TPSA) is 85.1 Å². The summed E-state index contributed by atoms with van der Waals surface area (Å²) in [5, 5.41) is 13.6. The van der Waals surface area contributed by atoms with E-state index >= 15 is 0 Å². The van der Waals surface area contributed by atoms with Crippen LogP contribution in [0.1, 0.15) is 10.5 Å². The normalized spacial score (nSPS) is 10.2. The van der Waals surface area contributed by atoms with E-state index in [4.69, 9.17) is 23.2 Å². The van der Waals surface area contributed by atoms with Crippen LogP contribution in [0.25, 0.3) is 0 Å². The number of nitrogens with zero attached hydrogens (tertiary/aromatic N) is 2. The molecule has 0 aliphatic rings. The van der Waals surface area contributed by atoms with Crippen LogP contribution in [0.4, 0.5) is 11.4 Å². The maximum Gasteiger partial charge on any atom is 0.285 e. The molecule has 2 rings (SSSR count). The van der Waals surface area contributed by atoms with Crippen molar-refractivity contribution in [3.63, 3.8) is 0 Å². The number of aromatic nitrogens is 1. The molecule has 108 valence electrons. The third kappa shape index (κ3) is 3.69. The minimum Gasteiger partial charge on any atom is -0.320 e. The lowest BCUT2D eigenvalue weighted by atomic mass is 10.2. The molecule has 2 aromatic rings. The number of amides is 1. The van der Waals surface area contributed by atoms with Crippen LogP contribution in [0.5, 0.6) is 0 Å². The van der Waals surface area contributed by atoms with Crippen molar-refractivity contribution in [2.75, 3.05) is 5.32 Å². The lowest BCUT2D eigenvalue weighted by molar-refractivity contribution is -0.385. The van der Waals surface area contributed by atoms with Gasteiger partial charge in [-0.05, 0) is 40.2 Å². The highest BCUT2D eigenvalue weighted by atomic mass is 79.9. The number of anilines is 1. The molecule has 0 saturated heterocycles. The first kappa shape index (κ1) is 15.7. The van der Waals surface area contributed by atoms with Gasteiger partial charge >= 0.3 is 0 Å². The molecule has 21 heavy (non-hydrogen) atoms. The number of halogens is 3. The minimum atomic E-state index is -0.612. The highest BCUT2D eigenvalue weighted by Crippen LogP contribution is 2.28. The van der Waals surface area contributed by atoms with Gasteiger partial charge in [-0.1, -0.05) is 23.2 Å². The van der Waals surface area contributed by atoms with E-state index in [1.54, 1.807) is 0 Å². The molecule has 1 aromatic carbocycles. The quantitative estimate of drug-likeness (QED) is 0.480. The molecule has 0 atom stereocenters. The Bertz CT molecular complexity index is 740. The van der Waals surface area contributed by atoms with Crippen molar-refractivity contribution >= 4 is 56.4 Å². The Balaban J connectivity index is 2.29. The molecule has 0 unspecified atom stereocenters. The standard InChI is InChI=1S/C12H6BrCl2N3O3/c13-7-2-1-6(5-9(7)18(20)21)16-12(19)11-8(14)3-4-10(15)17-11/h1-5H,(H,16,19). The van der Waals surface area contributed by atoms with E-state index in [1.807, 2.05) is 0 Å². The molecule has 0 aliphatic carbocycles. The summed E-state index contributed by atoms with van der Waals surface area (Å²) in [4.78, 5) is 26.2. The van der Waals surface area contributed by atoms with Crippen LogP contribution in [0.2, 0.25) is 10.2 Å². The number of benzene rings is 1. The summed E-state index contributed by atoms with van der Waals surface area (Å²) in [5.41, 5.74) is 0.0143. The fourth-order valence-corrected chi connectivity index (χ4v) is 2.23. The monoisotopic (exact) mass is 389 g/mol. The van der Waals surface area contributed by atoms with Gasteiger partial charge in [0, 0.05) is 11.8 Å². The first-order chi connectivity index (χ1) is 9.88. The molecule has 9 heteroatoms. The van der Waals surface area contributed by atoms with Crippen molar-refractivity contribution in [3.8, 4) is 0 Å². The molecule has 0 spiro atoms. The fraction of sp³-hybridized carbons (Fsp3) is 0. The average molecular weight is 391 g/mol. The minimum absolute atomic E-state index is 0.0604. The lowest BCUT2D eigenvalue weighted by Crippen LogP contribution is -2.14. The van der Waals surface area contributed by atoms with Gasteiger partial charge < -0.3 is 5.32 Å². The Morgan fingerprint density at radius 1 is 1.29 bits per heavy atom. The summed E-state index contributed by atoms with van der Waals surface area (Å²) < 4.78 is 0.310. The molecule has 0 saturated carbocycles. The predicted octanol–water partition coefficient (Wildman–Crippen LogP) is 4.31. The van der Waals surface area contributed by atoms with Crippen LogP contribution >= 0.6 is 39.1 Å². The number of carbonyl (C=O) groups excluding carboxylic acids is 1. The van der Waals surface area contributed by atoms with Gasteiger partial charge in [0.05, 0.1) is 14.4 Å². The second-order valence-corrected chi connectivity index (χ2v) is 5.49. The lowest BCUT2D eigenvalue weighted by Gasteiger charge is -2.07. The molecule has 1 amide bonds. The number of hydrogen-bond donors (Lipinski definition) is 1. The second kappa shape index (κ2) is 6.38. The highest BCUT2D eigenvalue weighted by molar-refractivity contribution is 9.10. The molecule has 1 heterocycles. The zero-order valence-corrected chi connectivity index (χ0v) is 13.2. The summed E-state index contributed by atoms with van der Waals surface area (Å²) in [7, 11) is 0. The van der Waals surface area contributed by atoms with Crippen LogP contribution in [0.15, 0.2) is 34.8 Å². The molecule has 0 bridgehead atoms. The predicted molar refractivity (Wildman–Crippen MR) is 83.0 cm³/mol. The van der Waals surface area contributed by atoms with E-state index in [0.717, 1.165) is 0 Å². The summed E-state index contributed by atoms with van der Waals surface area (Å²) in [5.74, 6) is -0.612. The van der Waals surface area contributed by atoms with Gasteiger partial charge in [0.1, 0.15) is 10.8 Å². The third-order valence-corrected chi connectivity index (χ3v) is 3.61. The second-order valence-electron chi connectivity index (χ2n) is 3.84. The molecule has 0 radical (unpaired) electrons. The van der Waals surface area contributed by atoms with Crippen molar-refractivity contribution in [1.82, 2.24) is 4.98 Å². The molecule has 1 aromatic heterocycles. The van der Waals surface area contributed by atoms with Gasteiger partial charge in [0.25, 0.3) is 11.6 Å². The van der Waals surface area contributed by atoms with E-state index in [1.165, 1.54) is 30.3 Å². The van der Waals surface area contributed by atoms with E-state index in [2.05, 4.69) is 26.2 Å². The van der Waals surface area contributed by atoms with Gasteiger partial charge in [-0.25, -0.2) is 4.98 Å². The summed E-state index contributed by atoms with van der Waals surface area (Å²) in [6, 6.07) is 7.08. The van der Waals surface area contributed by atoms with Crippen molar-refractivity contribution in [1.29, 1.82) is 0 Å². The molecular formula is C12H6BrCl2N3O3. The maximum atomic E-state index is 12.1. The maximum absolute atomic E-state index is 12.1. The number of hydrogen-bond acceptors (Lipinski definition) is 4. The van der Waals surface area contributed by atoms with E-state index in [0.29, 0.717) is 4.47 Å². The van der Waals surface area contributed by atoms with Crippen molar-refractivity contribution in [2.45, 2.75) is 0 Å². The van der Waals surface area contributed by atoms with Crippen LogP contribution in [0.3, 0.4) is 0 Å². The van der Waals surface area contributed by atoms with Gasteiger partial charge in [-0.2, -0.15) is 0 Å². The Morgan fingerprint density at radius 3 is 2.67 bits per heavy atom. The van der Waals surface area contributed by atoms with E-state index in [-0.39, 0.29) is 27.2 Å². The number of rotatable bonds is 3. The van der Waals surface area contributed by atoms with E-state index < -0.39 is 10.8 Å². The smallest absolute Gasteiger partial charge is 0.285 e. The molecule has 0 fully saturated rings. The highest BCUT2D eigenvalue weighted by Gasteiger charge is 2.16. The zero-order chi connectivity index (χ0) is 15.6. The number of pyridine rings is 1. The van der Waals surface area contributed by atoms with Gasteiger partial charge in [-0.3, -0.25) is 14.9 Å².